The van der Waals surface area contributed by atoms with Crippen LogP contribution in [0.3, 0.4) is 0 Å². The average molecular weight is 471 g/mol. The van der Waals surface area contributed by atoms with Crippen molar-refractivity contribution in [1.29, 1.82) is 5.41 Å². The summed E-state index contributed by atoms with van der Waals surface area (Å²) in [6, 6.07) is 9.66. The first-order valence-electron chi connectivity index (χ1n) is 9.90. The van der Waals surface area contributed by atoms with Crippen LogP contribution in [0, 0.1) is 17.0 Å². The molecule has 0 atom stereocenters. The molecule has 2 amide bonds. The molecule has 3 aromatic rings. The molecule has 1 aromatic heterocycles. The Morgan fingerprint density at radius 2 is 1.61 bits per heavy atom. The topological polar surface area (TPSA) is 106 Å². The number of anilines is 2. The molecule has 0 spiro atoms. The molecular formula is C23H17ClF2N4O3. The van der Waals surface area contributed by atoms with Gasteiger partial charge in [-0.05, 0) is 17.7 Å². The predicted octanol–water partition coefficient (Wildman–Crippen LogP) is 4.12. The van der Waals surface area contributed by atoms with E-state index in [2.05, 4.69) is 10.3 Å². The van der Waals surface area contributed by atoms with Crippen LogP contribution in [0.25, 0.3) is 0 Å². The fourth-order valence-electron chi connectivity index (χ4n) is 3.51. The Kier molecular flexibility index (Phi) is 6.06. The summed E-state index contributed by atoms with van der Waals surface area (Å²) < 4.78 is 28.3. The molecule has 1 fully saturated rings. The quantitative estimate of drug-likeness (QED) is 0.372. The molecule has 2 aromatic carbocycles. The van der Waals surface area contributed by atoms with Crippen LogP contribution < -0.4 is 10.9 Å². The van der Waals surface area contributed by atoms with Gasteiger partial charge in [-0.1, -0.05) is 41.9 Å². The van der Waals surface area contributed by atoms with Crippen molar-refractivity contribution in [2.75, 3.05) is 5.32 Å². The third-order valence-corrected chi connectivity index (χ3v) is 5.54. The molecule has 0 bridgehead atoms. The van der Waals surface area contributed by atoms with Crippen LogP contribution in [0.15, 0.2) is 53.5 Å². The smallest absolute Gasteiger partial charge is 0.259 e. The number of hydrogen-bond donors (Lipinski definition) is 3. The van der Waals surface area contributed by atoms with Crippen molar-refractivity contribution < 1.29 is 18.4 Å². The van der Waals surface area contributed by atoms with E-state index in [1.54, 1.807) is 24.3 Å². The van der Waals surface area contributed by atoms with E-state index in [0.29, 0.717) is 11.1 Å². The van der Waals surface area contributed by atoms with Crippen molar-refractivity contribution >= 4 is 40.5 Å². The molecule has 0 unspecified atom stereocenters. The molecule has 10 heteroatoms. The predicted molar refractivity (Wildman–Crippen MR) is 119 cm³/mol. The molecular weight excluding hydrogens is 454 g/mol. The minimum absolute atomic E-state index is 0.0420. The van der Waals surface area contributed by atoms with Crippen molar-refractivity contribution in [2.45, 2.75) is 19.4 Å². The van der Waals surface area contributed by atoms with E-state index in [4.69, 9.17) is 17.0 Å². The lowest BCUT2D eigenvalue weighted by molar-refractivity contribution is -0.139. The fourth-order valence-corrected chi connectivity index (χ4v) is 3.71. The molecule has 4 rings (SSSR count). The van der Waals surface area contributed by atoms with Crippen LogP contribution in [0.4, 0.5) is 20.2 Å². The van der Waals surface area contributed by atoms with Crippen LogP contribution in [0.1, 0.15) is 29.5 Å². The number of likely N-dealkylation sites (tertiary alicyclic amines) is 1. The van der Waals surface area contributed by atoms with Crippen LogP contribution >= 0.6 is 11.6 Å². The maximum absolute atomic E-state index is 14.2. The highest BCUT2D eigenvalue weighted by molar-refractivity contribution is 6.34. The van der Waals surface area contributed by atoms with Crippen molar-refractivity contribution in [2.24, 2.45) is 0 Å². The van der Waals surface area contributed by atoms with Crippen molar-refractivity contribution in [3.8, 4) is 0 Å². The van der Waals surface area contributed by atoms with Gasteiger partial charge in [-0.2, -0.15) is 0 Å². The molecule has 33 heavy (non-hydrogen) atoms. The van der Waals surface area contributed by atoms with E-state index in [1.807, 2.05) is 0 Å². The standard InChI is InChI=1S/C23H17ClF2N4O3/c24-14-10-28-23(33)19(21(14)29-22-15(25)2-1-3-16(22)26)20(27)13-6-4-12(5-7-13)11-30-17(31)8-9-18(30)32/h1-7,10,27H,8-9,11H2,(H2,28,29,33). The Labute approximate surface area is 191 Å². The number of benzene rings is 2. The first-order chi connectivity index (χ1) is 15.8. The number of halogens is 3. The second-order valence-electron chi connectivity index (χ2n) is 7.38. The normalized spacial score (nSPS) is 13.5. The van der Waals surface area contributed by atoms with Gasteiger partial charge in [0.25, 0.3) is 5.56 Å². The third kappa shape index (κ3) is 4.40. The molecule has 3 N–H and O–H groups in total. The van der Waals surface area contributed by atoms with Gasteiger partial charge in [0.05, 0.1) is 28.5 Å². The third-order valence-electron chi connectivity index (χ3n) is 5.25. The maximum Gasteiger partial charge on any atom is 0.259 e. The Hall–Kier alpha value is -3.85. The number of nitrogens with zero attached hydrogens (tertiary/aromatic N) is 1. The van der Waals surface area contributed by atoms with Gasteiger partial charge in [-0.15, -0.1) is 0 Å². The van der Waals surface area contributed by atoms with Gasteiger partial charge in [-0.3, -0.25) is 24.7 Å². The summed E-state index contributed by atoms with van der Waals surface area (Å²) in [5.74, 6) is -2.25. The Morgan fingerprint density at radius 3 is 2.21 bits per heavy atom. The largest absolute Gasteiger partial charge is 0.349 e. The summed E-state index contributed by atoms with van der Waals surface area (Å²) in [7, 11) is 0. The summed E-state index contributed by atoms with van der Waals surface area (Å²) in [5, 5.41) is 11.0. The molecule has 1 aliphatic heterocycles. The molecule has 1 saturated heterocycles. The Morgan fingerprint density at radius 1 is 1.00 bits per heavy atom. The summed E-state index contributed by atoms with van der Waals surface area (Å²) in [6.07, 6.45) is 1.55. The number of rotatable bonds is 6. The van der Waals surface area contributed by atoms with Crippen LogP contribution in [0.5, 0.6) is 0 Å². The lowest BCUT2D eigenvalue weighted by Gasteiger charge is -2.16. The van der Waals surface area contributed by atoms with Crippen LogP contribution in [0.2, 0.25) is 5.02 Å². The summed E-state index contributed by atoms with van der Waals surface area (Å²) in [5.41, 5.74) is -0.757. The van der Waals surface area contributed by atoms with Crippen LogP contribution in [-0.4, -0.2) is 27.4 Å². The summed E-state index contributed by atoms with van der Waals surface area (Å²) in [4.78, 5) is 39.8. The van der Waals surface area contributed by atoms with Crippen LogP contribution in [-0.2, 0) is 16.1 Å². The van der Waals surface area contributed by atoms with Gasteiger partial charge in [0.2, 0.25) is 11.8 Å². The van der Waals surface area contributed by atoms with Crippen molar-refractivity contribution in [1.82, 2.24) is 9.88 Å². The number of para-hydroxylation sites is 1. The number of aromatic nitrogens is 1. The van der Waals surface area contributed by atoms with Crippen molar-refractivity contribution in [3.05, 3.63) is 92.4 Å². The SMILES string of the molecule is N=C(c1ccc(CN2C(=O)CCC2=O)cc1)c1c(Nc2c(F)cccc2F)c(Cl)c[nH]c1=O. The number of nitrogens with one attached hydrogen (secondary N) is 3. The fraction of sp³-hybridized carbons (Fsp3) is 0.130. The Bertz CT molecular complexity index is 1300. The first kappa shape index (κ1) is 22.3. The lowest BCUT2D eigenvalue weighted by Crippen LogP contribution is -2.28. The number of carbonyl (C=O) groups excluding carboxylic acids is 2. The minimum Gasteiger partial charge on any atom is -0.349 e. The molecule has 0 saturated carbocycles. The average Bonchev–Trinajstić information content (AvgIpc) is 3.10. The second kappa shape index (κ2) is 8.95. The monoisotopic (exact) mass is 470 g/mol. The maximum atomic E-state index is 14.2. The highest BCUT2D eigenvalue weighted by atomic mass is 35.5. The summed E-state index contributed by atoms with van der Waals surface area (Å²) >= 11 is 6.19. The van der Waals surface area contributed by atoms with Gasteiger partial charge in [-0.25, -0.2) is 8.78 Å². The van der Waals surface area contributed by atoms with Gasteiger partial charge in [0.1, 0.15) is 17.3 Å². The number of carbonyl (C=O) groups is 2. The summed E-state index contributed by atoms with van der Waals surface area (Å²) in [6.45, 7) is 0.113. The number of aromatic amines is 1. The van der Waals surface area contributed by atoms with Gasteiger partial charge < -0.3 is 10.3 Å². The second-order valence-corrected chi connectivity index (χ2v) is 7.79. The van der Waals surface area contributed by atoms with E-state index in [0.717, 1.165) is 18.3 Å². The highest BCUT2D eigenvalue weighted by Gasteiger charge is 2.28. The van der Waals surface area contributed by atoms with E-state index < -0.39 is 22.9 Å². The van der Waals surface area contributed by atoms with E-state index >= 15 is 0 Å². The number of hydrogen-bond acceptors (Lipinski definition) is 5. The zero-order chi connectivity index (χ0) is 23.7. The van der Waals surface area contributed by atoms with Gasteiger partial charge >= 0.3 is 0 Å². The van der Waals surface area contributed by atoms with Gasteiger partial charge in [0, 0.05) is 24.6 Å². The zero-order valence-corrected chi connectivity index (χ0v) is 17.8. The number of amides is 2. The molecule has 168 valence electrons. The molecule has 2 heterocycles. The first-order valence-corrected chi connectivity index (χ1v) is 10.3. The number of H-pyrrole nitrogens is 1. The zero-order valence-electron chi connectivity index (χ0n) is 17.0. The molecule has 7 nitrogen and oxygen atoms in total. The number of imide groups is 1. The van der Waals surface area contributed by atoms with E-state index in [-0.39, 0.29) is 53.2 Å². The lowest BCUT2D eigenvalue weighted by atomic mass is 10.0. The minimum atomic E-state index is -0.890. The highest BCUT2D eigenvalue weighted by Crippen LogP contribution is 2.31. The Balaban J connectivity index is 1.66. The van der Waals surface area contributed by atoms with E-state index in [9.17, 15) is 23.2 Å². The molecule has 0 aliphatic carbocycles. The van der Waals surface area contributed by atoms with E-state index in [1.165, 1.54) is 11.0 Å². The van der Waals surface area contributed by atoms with Crippen molar-refractivity contribution in [3.63, 3.8) is 0 Å². The van der Waals surface area contributed by atoms with Gasteiger partial charge in [0.15, 0.2) is 0 Å². The molecule has 0 radical (unpaired) electrons. The molecule has 1 aliphatic rings. The number of pyridine rings is 1.